The lowest BCUT2D eigenvalue weighted by molar-refractivity contribution is 0.338. The van der Waals surface area contributed by atoms with E-state index >= 15 is 0 Å². The fourth-order valence-electron chi connectivity index (χ4n) is 1.87. The van der Waals surface area contributed by atoms with Crippen LogP contribution in [0.25, 0.3) is 0 Å². The molecule has 0 radical (unpaired) electrons. The van der Waals surface area contributed by atoms with Gasteiger partial charge in [0.05, 0.1) is 5.69 Å². The first-order valence-electron chi connectivity index (χ1n) is 4.71. The van der Waals surface area contributed by atoms with E-state index in [1.54, 1.807) is 0 Å². The van der Waals surface area contributed by atoms with Gasteiger partial charge in [-0.05, 0) is 33.9 Å². The van der Waals surface area contributed by atoms with Crippen LogP contribution < -0.4 is 0 Å². The molecular weight excluding hydrogens is 164 g/mol. The lowest BCUT2D eigenvalue weighted by Gasteiger charge is -2.17. The van der Waals surface area contributed by atoms with Gasteiger partial charge in [0.15, 0.2) is 0 Å². The maximum absolute atomic E-state index is 5.10. The molecule has 1 fully saturated rings. The van der Waals surface area contributed by atoms with E-state index in [0.717, 1.165) is 18.0 Å². The summed E-state index contributed by atoms with van der Waals surface area (Å²) in [5.74, 6) is 0.917. The van der Waals surface area contributed by atoms with Gasteiger partial charge in [0.2, 0.25) is 0 Å². The van der Waals surface area contributed by atoms with Crippen molar-refractivity contribution in [3.63, 3.8) is 0 Å². The van der Waals surface area contributed by atoms with Gasteiger partial charge >= 0.3 is 0 Å². The quantitative estimate of drug-likeness (QED) is 0.707. The minimum absolute atomic E-state index is 0.307. The zero-order chi connectivity index (χ0) is 9.47. The van der Waals surface area contributed by atoms with Gasteiger partial charge in [-0.1, -0.05) is 5.16 Å². The first-order valence-corrected chi connectivity index (χ1v) is 4.71. The van der Waals surface area contributed by atoms with Crippen molar-refractivity contribution in [1.82, 2.24) is 10.1 Å². The molecule has 3 heteroatoms. The third-order valence-electron chi connectivity index (χ3n) is 2.64. The van der Waals surface area contributed by atoms with Gasteiger partial charge in [0.25, 0.3) is 0 Å². The van der Waals surface area contributed by atoms with E-state index in [4.69, 9.17) is 4.52 Å². The standard InChI is InChI=1S/C10H16N2O/c1-8-6-9(11-13-8)10(4-5-10)7-12(2)3/h6H,4-5,7H2,1-3H3. The van der Waals surface area contributed by atoms with Crippen LogP contribution in [0.5, 0.6) is 0 Å². The number of hydrogen-bond acceptors (Lipinski definition) is 3. The number of hydrogen-bond donors (Lipinski definition) is 0. The maximum Gasteiger partial charge on any atom is 0.133 e. The fraction of sp³-hybridized carbons (Fsp3) is 0.700. The Kier molecular flexibility index (Phi) is 1.91. The molecule has 0 saturated heterocycles. The molecule has 0 N–H and O–H groups in total. The SMILES string of the molecule is Cc1cc(C2(CN(C)C)CC2)no1. The van der Waals surface area contributed by atoms with Gasteiger partial charge in [0, 0.05) is 18.0 Å². The summed E-state index contributed by atoms with van der Waals surface area (Å²) in [6, 6.07) is 2.07. The summed E-state index contributed by atoms with van der Waals surface area (Å²) in [7, 11) is 4.21. The Balaban J connectivity index is 2.16. The molecule has 2 rings (SSSR count). The van der Waals surface area contributed by atoms with Crippen molar-refractivity contribution in [1.29, 1.82) is 0 Å². The second kappa shape index (κ2) is 2.84. The van der Waals surface area contributed by atoms with Crippen LogP contribution in [0.3, 0.4) is 0 Å². The molecule has 0 spiro atoms. The summed E-state index contributed by atoms with van der Waals surface area (Å²) in [6.45, 7) is 3.03. The van der Waals surface area contributed by atoms with Crippen molar-refractivity contribution in [2.75, 3.05) is 20.6 Å². The highest BCUT2D eigenvalue weighted by atomic mass is 16.5. The lowest BCUT2D eigenvalue weighted by Crippen LogP contribution is -2.26. The van der Waals surface area contributed by atoms with Crippen molar-refractivity contribution >= 4 is 0 Å². The molecule has 72 valence electrons. The van der Waals surface area contributed by atoms with Crippen molar-refractivity contribution in [3.8, 4) is 0 Å². The first kappa shape index (κ1) is 8.75. The Bertz CT molecular complexity index is 300. The summed E-state index contributed by atoms with van der Waals surface area (Å²) in [5, 5.41) is 4.10. The van der Waals surface area contributed by atoms with Gasteiger partial charge < -0.3 is 9.42 Å². The van der Waals surface area contributed by atoms with Crippen LogP contribution in [0.15, 0.2) is 10.6 Å². The summed E-state index contributed by atoms with van der Waals surface area (Å²) < 4.78 is 5.10. The van der Waals surface area contributed by atoms with E-state index < -0.39 is 0 Å². The molecule has 3 nitrogen and oxygen atoms in total. The van der Waals surface area contributed by atoms with Crippen LogP contribution in [0.2, 0.25) is 0 Å². The van der Waals surface area contributed by atoms with Crippen LogP contribution in [-0.2, 0) is 5.41 Å². The van der Waals surface area contributed by atoms with E-state index in [0.29, 0.717) is 5.41 Å². The second-order valence-electron chi connectivity index (χ2n) is 4.34. The third-order valence-corrected chi connectivity index (χ3v) is 2.64. The first-order chi connectivity index (χ1) is 6.12. The van der Waals surface area contributed by atoms with Crippen molar-refractivity contribution in [2.24, 2.45) is 0 Å². The van der Waals surface area contributed by atoms with Gasteiger partial charge in [0.1, 0.15) is 5.76 Å². The van der Waals surface area contributed by atoms with Gasteiger partial charge in [-0.3, -0.25) is 0 Å². The molecule has 0 aliphatic heterocycles. The van der Waals surface area contributed by atoms with E-state index in [1.165, 1.54) is 12.8 Å². The summed E-state index contributed by atoms with van der Waals surface area (Å²) >= 11 is 0. The van der Waals surface area contributed by atoms with Crippen molar-refractivity contribution in [2.45, 2.75) is 25.2 Å². The lowest BCUT2D eigenvalue weighted by atomic mass is 10.0. The number of nitrogens with zero attached hydrogens (tertiary/aromatic N) is 2. The van der Waals surface area contributed by atoms with Crippen LogP contribution in [0.4, 0.5) is 0 Å². The largest absolute Gasteiger partial charge is 0.361 e. The molecule has 0 aromatic carbocycles. The molecule has 13 heavy (non-hydrogen) atoms. The molecule has 1 saturated carbocycles. The molecule has 1 aromatic rings. The van der Waals surface area contributed by atoms with Crippen molar-refractivity contribution in [3.05, 3.63) is 17.5 Å². The Morgan fingerprint density at radius 2 is 2.23 bits per heavy atom. The van der Waals surface area contributed by atoms with E-state index in [9.17, 15) is 0 Å². The summed E-state index contributed by atoms with van der Waals surface area (Å²) in [5.41, 5.74) is 1.44. The molecule has 0 amide bonds. The Labute approximate surface area is 78.7 Å². The average Bonchev–Trinajstić information content (AvgIpc) is 2.65. The number of aromatic nitrogens is 1. The minimum atomic E-state index is 0.307. The molecule has 1 aromatic heterocycles. The monoisotopic (exact) mass is 180 g/mol. The minimum Gasteiger partial charge on any atom is -0.361 e. The zero-order valence-electron chi connectivity index (χ0n) is 8.50. The highest BCUT2D eigenvalue weighted by molar-refractivity contribution is 5.25. The molecule has 0 bridgehead atoms. The Morgan fingerprint density at radius 3 is 2.62 bits per heavy atom. The molecular formula is C10H16N2O. The molecule has 1 aliphatic carbocycles. The maximum atomic E-state index is 5.10. The number of likely N-dealkylation sites (N-methyl/N-ethyl adjacent to an activating group) is 1. The van der Waals surface area contributed by atoms with E-state index in [1.807, 2.05) is 6.92 Å². The predicted molar refractivity (Wildman–Crippen MR) is 50.7 cm³/mol. The Morgan fingerprint density at radius 1 is 1.54 bits per heavy atom. The predicted octanol–water partition coefficient (Wildman–Crippen LogP) is 1.58. The third kappa shape index (κ3) is 1.61. The molecule has 0 atom stereocenters. The fourth-order valence-corrected chi connectivity index (χ4v) is 1.87. The summed E-state index contributed by atoms with van der Waals surface area (Å²) in [6.07, 6.45) is 2.49. The normalized spacial score (nSPS) is 19.4. The molecule has 1 aliphatic rings. The zero-order valence-corrected chi connectivity index (χ0v) is 8.50. The van der Waals surface area contributed by atoms with Crippen LogP contribution >= 0.6 is 0 Å². The Hall–Kier alpha value is -0.830. The molecule has 1 heterocycles. The second-order valence-corrected chi connectivity index (χ2v) is 4.34. The summed E-state index contributed by atoms with van der Waals surface area (Å²) in [4.78, 5) is 2.22. The van der Waals surface area contributed by atoms with Crippen LogP contribution in [0.1, 0.15) is 24.3 Å². The average molecular weight is 180 g/mol. The van der Waals surface area contributed by atoms with Crippen LogP contribution in [0, 0.1) is 6.92 Å². The molecule has 0 unspecified atom stereocenters. The van der Waals surface area contributed by atoms with Gasteiger partial charge in [-0.25, -0.2) is 0 Å². The van der Waals surface area contributed by atoms with Crippen LogP contribution in [-0.4, -0.2) is 30.7 Å². The highest BCUT2D eigenvalue weighted by Gasteiger charge is 2.46. The topological polar surface area (TPSA) is 29.3 Å². The number of rotatable bonds is 3. The number of aryl methyl sites for hydroxylation is 1. The van der Waals surface area contributed by atoms with Crippen molar-refractivity contribution < 1.29 is 4.52 Å². The van der Waals surface area contributed by atoms with E-state index in [2.05, 4.69) is 30.2 Å². The highest BCUT2D eigenvalue weighted by Crippen LogP contribution is 2.47. The van der Waals surface area contributed by atoms with Gasteiger partial charge in [-0.15, -0.1) is 0 Å². The smallest absolute Gasteiger partial charge is 0.133 e. The van der Waals surface area contributed by atoms with Gasteiger partial charge in [-0.2, -0.15) is 0 Å². The van der Waals surface area contributed by atoms with E-state index in [-0.39, 0.29) is 0 Å².